The summed E-state index contributed by atoms with van der Waals surface area (Å²) in [7, 11) is 3.42. The fourth-order valence-electron chi connectivity index (χ4n) is 3.83. The van der Waals surface area contributed by atoms with Crippen molar-refractivity contribution in [3.63, 3.8) is 0 Å². The predicted octanol–water partition coefficient (Wildman–Crippen LogP) is 3.97. The molecular weight excluding hydrogens is 421 g/mol. The van der Waals surface area contributed by atoms with Gasteiger partial charge in [0.15, 0.2) is 17.5 Å². The highest BCUT2D eigenvalue weighted by atomic mass is 19.1. The van der Waals surface area contributed by atoms with Gasteiger partial charge in [-0.1, -0.05) is 18.2 Å². The lowest BCUT2D eigenvalue weighted by Crippen LogP contribution is -2.44. The van der Waals surface area contributed by atoms with Crippen molar-refractivity contribution in [3.05, 3.63) is 78.4 Å². The Hall–Kier alpha value is -3.81. The van der Waals surface area contributed by atoms with E-state index in [4.69, 9.17) is 9.47 Å². The van der Waals surface area contributed by atoms with Crippen LogP contribution in [0.2, 0.25) is 0 Å². The number of hydrogen-bond donors (Lipinski definition) is 2. The van der Waals surface area contributed by atoms with E-state index in [9.17, 15) is 4.39 Å². The number of guanidine groups is 1. The number of nitrogens with one attached hydrogen (secondary N) is 2. The van der Waals surface area contributed by atoms with Crippen LogP contribution in [-0.2, 0) is 6.54 Å². The van der Waals surface area contributed by atoms with E-state index in [0.29, 0.717) is 18.3 Å². The van der Waals surface area contributed by atoms with Gasteiger partial charge >= 0.3 is 0 Å². The van der Waals surface area contributed by atoms with Gasteiger partial charge in [-0.3, -0.25) is 9.98 Å². The maximum absolute atomic E-state index is 14.5. The number of nitrogens with zero attached hydrogens (tertiary/aromatic N) is 3. The van der Waals surface area contributed by atoms with Gasteiger partial charge in [0.2, 0.25) is 0 Å². The fraction of sp³-hybridized carbons (Fsp3) is 0.280. The van der Waals surface area contributed by atoms with E-state index >= 15 is 0 Å². The van der Waals surface area contributed by atoms with Crippen LogP contribution in [0.15, 0.2) is 72.0 Å². The Morgan fingerprint density at radius 3 is 2.82 bits per heavy atom. The second kappa shape index (κ2) is 10.7. The molecule has 1 atom stereocenters. The number of anilines is 1. The zero-order chi connectivity index (χ0) is 23.0. The molecule has 2 aromatic carbocycles. The van der Waals surface area contributed by atoms with Crippen LogP contribution in [0.1, 0.15) is 12.0 Å². The molecule has 1 aliphatic rings. The molecule has 0 aliphatic carbocycles. The molecule has 7 nitrogen and oxygen atoms in total. The minimum atomic E-state index is -0.427. The SMILES string of the molecule is CN=C(NCc1ccc(Oc2cccnc2)c(F)c1)NC1CCN(c2ccccc2OC)C1. The molecule has 1 saturated heterocycles. The summed E-state index contributed by atoms with van der Waals surface area (Å²) >= 11 is 0. The highest BCUT2D eigenvalue weighted by molar-refractivity contribution is 5.80. The number of rotatable bonds is 7. The minimum Gasteiger partial charge on any atom is -0.495 e. The molecule has 1 unspecified atom stereocenters. The Morgan fingerprint density at radius 1 is 1.18 bits per heavy atom. The van der Waals surface area contributed by atoms with Gasteiger partial charge in [0.25, 0.3) is 0 Å². The summed E-state index contributed by atoms with van der Waals surface area (Å²) in [5.41, 5.74) is 1.88. The summed E-state index contributed by atoms with van der Waals surface area (Å²) in [4.78, 5) is 10.6. The Bertz CT molecular complexity index is 1090. The van der Waals surface area contributed by atoms with E-state index in [1.54, 1.807) is 44.8 Å². The van der Waals surface area contributed by atoms with Crippen molar-refractivity contribution in [1.82, 2.24) is 15.6 Å². The van der Waals surface area contributed by atoms with Gasteiger partial charge in [0, 0.05) is 38.9 Å². The molecule has 172 valence electrons. The van der Waals surface area contributed by atoms with E-state index in [-0.39, 0.29) is 11.8 Å². The van der Waals surface area contributed by atoms with Gasteiger partial charge in [-0.25, -0.2) is 4.39 Å². The molecule has 2 heterocycles. The monoisotopic (exact) mass is 449 g/mol. The van der Waals surface area contributed by atoms with Crippen molar-refractivity contribution >= 4 is 11.6 Å². The van der Waals surface area contributed by atoms with Gasteiger partial charge in [-0.05, 0) is 48.4 Å². The first-order valence-corrected chi connectivity index (χ1v) is 10.9. The summed E-state index contributed by atoms with van der Waals surface area (Å²) in [6.07, 6.45) is 4.16. The third-order valence-corrected chi connectivity index (χ3v) is 5.50. The number of pyridine rings is 1. The minimum absolute atomic E-state index is 0.164. The first kappa shape index (κ1) is 22.4. The molecule has 1 aromatic heterocycles. The van der Waals surface area contributed by atoms with E-state index < -0.39 is 5.82 Å². The van der Waals surface area contributed by atoms with E-state index in [0.717, 1.165) is 36.5 Å². The van der Waals surface area contributed by atoms with Crippen LogP contribution >= 0.6 is 0 Å². The number of methoxy groups -OCH3 is 1. The van der Waals surface area contributed by atoms with Crippen LogP contribution in [0.5, 0.6) is 17.2 Å². The number of ether oxygens (including phenoxy) is 2. The van der Waals surface area contributed by atoms with Crippen LogP contribution in [0.4, 0.5) is 10.1 Å². The molecule has 4 rings (SSSR count). The van der Waals surface area contributed by atoms with E-state index in [2.05, 4.69) is 31.6 Å². The van der Waals surface area contributed by atoms with Crippen molar-refractivity contribution in [2.24, 2.45) is 4.99 Å². The number of benzene rings is 2. The molecule has 1 aliphatic heterocycles. The van der Waals surface area contributed by atoms with Crippen LogP contribution < -0.4 is 25.0 Å². The number of para-hydroxylation sites is 2. The molecular formula is C25H28FN5O2. The lowest BCUT2D eigenvalue weighted by molar-refractivity contribution is 0.415. The highest BCUT2D eigenvalue weighted by Gasteiger charge is 2.25. The maximum atomic E-state index is 14.5. The molecule has 0 amide bonds. The van der Waals surface area contributed by atoms with Crippen LogP contribution in [0, 0.1) is 5.82 Å². The number of halogens is 1. The molecule has 2 N–H and O–H groups in total. The molecule has 33 heavy (non-hydrogen) atoms. The van der Waals surface area contributed by atoms with Crippen molar-refractivity contribution in [3.8, 4) is 17.2 Å². The second-order valence-corrected chi connectivity index (χ2v) is 7.73. The first-order chi connectivity index (χ1) is 16.2. The lowest BCUT2D eigenvalue weighted by atomic mass is 10.2. The fourth-order valence-corrected chi connectivity index (χ4v) is 3.83. The Balaban J connectivity index is 1.30. The molecule has 0 spiro atoms. The third-order valence-electron chi connectivity index (χ3n) is 5.50. The second-order valence-electron chi connectivity index (χ2n) is 7.73. The van der Waals surface area contributed by atoms with E-state index in [1.165, 1.54) is 6.07 Å². The Labute approximate surface area is 193 Å². The zero-order valence-corrected chi connectivity index (χ0v) is 18.8. The molecule has 3 aromatic rings. The Morgan fingerprint density at radius 2 is 2.06 bits per heavy atom. The first-order valence-electron chi connectivity index (χ1n) is 10.9. The number of hydrogen-bond acceptors (Lipinski definition) is 5. The standard InChI is InChI=1S/C25H28FN5O2/c1-27-25(30-19-11-13-31(17-19)22-7-3-4-8-24(22)32-2)29-15-18-9-10-23(21(26)14-18)33-20-6-5-12-28-16-20/h3-10,12,14,16,19H,11,13,15,17H2,1-2H3,(H2,27,29,30). The zero-order valence-electron chi connectivity index (χ0n) is 18.8. The molecule has 8 heteroatoms. The topological polar surface area (TPSA) is 71.0 Å². The summed E-state index contributed by atoms with van der Waals surface area (Å²) < 4.78 is 25.5. The van der Waals surface area contributed by atoms with Gasteiger partial charge in [-0.2, -0.15) is 0 Å². The molecule has 0 saturated carbocycles. The van der Waals surface area contributed by atoms with Crippen molar-refractivity contribution in [2.75, 3.05) is 32.1 Å². The summed E-state index contributed by atoms with van der Waals surface area (Å²) in [6, 6.07) is 16.7. The van der Waals surface area contributed by atoms with Gasteiger partial charge in [-0.15, -0.1) is 0 Å². The van der Waals surface area contributed by atoms with Crippen molar-refractivity contribution in [1.29, 1.82) is 0 Å². The smallest absolute Gasteiger partial charge is 0.191 e. The largest absolute Gasteiger partial charge is 0.495 e. The van der Waals surface area contributed by atoms with Crippen molar-refractivity contribution in [2.45, 2.75) is 19.0 Å². The van der Waals surface area contributed by atoms with Crippen molar-refractivity contribution < 1.29 is 13.9 Å². The Kier molecular flexibility index (Phi) is 7.24. The van der Waals surface area contributed by atoms with Gasteiger partial charge < -0.3 is 25.0 Å². The van der Waals surface area contributed by atoms with Gasteiger partial charge in [0.05, 0.1) is 19.0 Å². The average Bonchev–Trinajstić information content (AvgIpc) is 3.32. The normalized spacial score (nSPS) is 15.9. The average molecular weight is 450 g/mol. The van der Waals surface area contributed by atoms with Crippen LogP contribution in [0.3, 0.4) is 0 Å². The maximum Gasteiger partial charge on any atom is 0.191 e. The summed E-state index contributed by atoms with van der Waals surface area (Å²) in [6.45, 7) is 2.21. The molecule has 0 radical (unpaired) electrons. The number of aliphatic imine (C=N–C) groups is 1. The molecule has 0 bridgehead atoms. The van der Waals surface area contributed by atoms with E-state index in [1.807, 2.05) is 24.3 Å². The van der Waals surface area contributed by atoms with Gasteiger partial charge in [0.1, 0.15) is 11.5 Å². The van der Waals surface area contributed by atoms with Crippen LogP contribution in [-0.4, -0.2) is 44.2 Å². The summed E-state index contributed by atoms with van der Waals surface area (Å²) in [5, 5.41) is 6.73. The lowest BCUT2D eigenvalue weighted by Gasteiger charge is -2.22. The number of aromatic nitrogens is 1. The quantitative estimate of drug-likeness (QED) is 0.420. The highest BCUT2D eigenvalue weighted by Crippen LogP contribution is 2.30. The predicted molar refractivity (Wildman–Crippen MR) is 128 cm³/mol. The summed E-state index contributed by atoms with van der Waals surface area (Å²) in [5.74, 6) is 1.78. The third kappa shape index (κ3) is 5.71. The van der Waals surface area contributed by atoms with Crippen LogP contribution in [0.25, 0.3) is 0 Å². The molecule has 1 fully saturated rings.